The molecule has 15 heavy (non-hydrogen) atoms. The van der Waals surface area contributed by atoms with Crippen LogP contribution in [0.2, 0.25) is 0 Å². The molecule has 1 saturated heterocycles. The van der Waals surface area contributed by atoms with Crippen molar-refractivity contribution >= 4 is 5.91 Å². The van der Waals surface area contributed by atoms with Crippen LogP contribution < -0.4 is 11.1 Å². The lowest BCUT2D eigenvalue weighted by Gasteiger charge is -2.44. The summed E-state index contributed by atoms with van der Waals surface area (Å²) in [5.41, 5.74) is 5.73. The second kappa shape index (κ2) is 4.12. The van der Waals surface area contributed by atoms with E-state index in [0.717, 1.165) is 13.1 Å². The Hall–Kier alpha value is -0.570. The van der Waals surface area contributed by atoms with Crippen molar-refractivity contribution in [2.45, 2.75) is 39.0 Å². The van der Waals surface area contributed by atoms with Gasteiger partial charge in [-0.25, -0.2) is 0 Å². The number of nitrogens with two attached hydrogens (primary N) is 1. The molecule has 86 valence electrons. The molecular formula is C12H22N2O. The normalized spacial score (nSPS) is 40.9. The summed E-state index contributed by atoms with van der Waals surface area (Å²) in [5, 5.41) is 3.38. The average molecular weight is 210 g/mol. The Morgan fingerprint density at radius 2 is 2.33 bits per heavy atom. The van der Waals surface area contributed by atoms with Gasteiger partial charge in [0.05, 0.1) is 5.92 Å². The highest BCUT2D eigenvalue weighted by molar-refractivity contribution is 5.78. The van der Waals surface area contributed by atoms with Crippen molar-refractivity contribution in [3.63, 3.8) is 0 Å². The summed E-state index contributed by atoms with van der Waals surface area (Å²) < 4.78 is 0. The summed E-state index contributed by atoms with van der Waals surface area (Å²) in [5.74, 6) is 0.668. The summed E-state index contributed by atoms with van der Waals surface area (Å²) in [6.45, 7) is 4.04. The van der Waals surface area contributed by atoms with Crippen LogP contribution in [-0.4, -0.2) is 19.0 Å². The predicted octanol–water partition coefficient (Wildman–Crippen LogP) is 1.28. The zero-order valence-corrected chi connectivity index (χ0v) is 9.59. The maximum absolute atomic E-state index is 11.5. The first-order chi connectivity index (χ1) is 7.20. The topological polar surface area (TPSA) is 55.1 Å². The van der Waals surface area contributed by atoms with Gasteiger partial charge in [-0.15, -0.1) is 0 Å². The van der Waals surface area contributed by atoms with Crippen LogP contribution in [0.25, 0.3) is 0 Å². The molecule has 0 bridgehead atoms. The van der Waals surface area contributed by atoms with Crippen molar-refractivity contribution in [2.24, 2.45) is 23.0 Å². The van der Waals surface area contributed by atoms with Crippen LogP contribution in [0.5, 0.6) is 0 Å². The van der Waals surface area contributed by atoms with E-state index in [4.69, 9.17) is 5.73 Å². The van der Waals surface area contributed by atoms with Crippen molar-refractivity contribution < 1.29 is 4.79 Å². The number of carbonyl (C=O) groups is 1. The molecule has 1 spiro atoms. The van der Waals surface area contributed by atoms with Crippen molar-refractivity contribution in [1.82, 2.24) is 5.32 Å². The highest BCUT2D eigenvalue weighted by Crippen LogP contribution is 2.49. The molecule has 0 aromatic carbocycles. The van der Waals surface area contributed by atoms with E-state index in [0.29, 0.717) is 5.92 Å². The maximum atomic E-state index is 11.5. The third kappa shape index (κ3) is 1.67. The van der Waals surface area contributed by atoms with Gasteiger partial charge in [0.1, 0.15) is 0 Å². The SMILES string of the molecule is CCC1CCCCC12CNCC2C(N)=O. The summed E-state index contributed by atoms with van der Waals surface area (Å²) in [6, 6.07) is 0. The molecule has 1 aliphatic carbocycles. The first kappa shape index (κ1) is 10.9. The maximum Gasteiger partial charge on any atom is 0.222 e. The summed E-state index contributed by atoms with van der Waals surface area (Å²) >= 11 is 0. The number of hydrogen-bond acceptors (Lipinski definition) is 2. The molecule has 3 heteroatoms. The lowest BCUT2D eigenvalue weighted by molar-refractivity contribution is -0.126. The van der Waals surface area contributed by atoms with E-state index in [1.54, 1.807) is 0 Å². The van der Waals surface area contributed by atoms with E-state index in [1.807, 2.05) is 0 Å². The monoisotopic (exact) mass is 210 g/mol. The van der Waals surface area contributed by atoms with Gasteiger partial charge in [-0.05, 0) is 24.2 Å². The molecule has 3 unspecified atom stereocenters. The molecule has 1 amide bonds. The van der Waals surface area contributed by atoms with Crippen LogP contribution in [-0.2, 0) is 4.79 Å². The molecule has 3 nitrogen and oxygen atoms in total. The second-order valence-electron chi connectivity index (χ2n) is 5.17. The lowest BCUT2D eigenvalue weighted by atomic mass is 9.60. The van der Waals surface area contributed by atoms with Gasteiger partial charge in [-0.3, -0.25) is 4.79 Å². The summed E-state index contributed by atoms with van der Waals surface area (Å²) in [4.78, 5) is 11.5. The van der Waals surface area contributed by atoms with Gasteiger partial charge in [0.15, 0.2) is 0 Å². The largest absolute Gasteiger partial charge is 0.369 e. The Labute approximate surface area is 91.8 Å². The molecular weight excluding hydrogens is 188 g/mol. The number of primary amides is 1. The van der Waals surface area contributed by atoms with Crippen LogP contribution in [0.4, 0.5) is 0 Å². The molecule has 3 atom stereocenters. The molecule has 1 saturated carbocycles. The minimum absolute atomic E-state index is 0.0720. The third-order valence-electron chi connectivity index (χ3n) is 4.59. The van der Waals surface area contributed by atoms with E-state index >= 15 is 0 Å². The third-order valence-corrected chi connectivity index (χ3v) is 4.59. The Bertz CT molecular complexity index is 254. The Balaban J connectivity index is 2.24. The van der Waals surface area contributed by atoms with E-state index in [1.165, 1.54) is 32.1 Å². The first-order valence-corrected chi connectivity index (χ1v) is 6.20. The van der Waals surface area contributed by atoms with Crippen molar-refractivity contribution in [1.29, 1.82) is 0 Å². The molecule has 0 radical (unpaired) electrons. The average Bonchev–Trinajstić information content (AvgIpc) is 2.63. The highest BCUT2D eigenvalue weighted by atomic mass is 16.1. The standard InChI is InChI=1S/C12H22N2O/c1-2-9-5-3-4-6-12(9)8-14-7-10(12)11(13)15/h9-10,14H,2-8H2,1H3,(H2,13,15). The van der Waals surface area contributed by atoms with Gasteiger partial charge in [0.2, 0.25) is 5.91 Å². The first-order valence-electron chi connectivity index (χ1n) is 6.20. The minimum atomic E-state index is -0.0969. The van der Waals surface area contributed by atoms with Gasteiger partial charge < -0.3 is 11.1 Å². The fraction of sp³-hybridized carbons (Fsp3) is 0.917. The lowest BCUT2D eigenvalue weighted by Crippen LogP contribution is -2.45. The fourth-order valence-electron chi connectivity index (χ4n) is 3.80. The molecule has 0 aromatic heterocycles. The van der Waals surface area contributed by atoms with Crippen LogP contribution in [0.1, 0.15) is 39.0 Å². The van der Waals surface area contributed by atoms with Gasteiger partial charge in [-0.1, -0.05) is 26.2 Å². The van der Waals surface area contributed by atoms with Gasteiger partial charge in [0, 0.05) is 13.1 Å². The van der Waals surface area contributed by atoms with Crippen LogP contribution >= 0.6 is 0 Å². The molecule has 3 N–H and O–H groups in total. The van der Waals surface area contributed by atoms with Crippen LogP contribution in [0.15, 0.2) is 0 Å². The molecule has 2 aliphatic rings. The number of rotatable bonds is 2. The van der Waals surface area contributed by atoms with Gasteiger partial charge in [-0.2, -0.15) is 0 Å². The number of carbonyl (C=O) groups excluding carboxylic acids is 1. The summed E-state index contributed by atoms with van der Waals surface area (Å²) in [6.07, 6.45) is 6.24. The van der Waals surface area contributed by atoms with E-state index in [9.17, 15) is 4.79 Å². The van der Waals surface area contributed by atoms with Crippen molar-refractivity contribution in [2.75, 3.05) is 13.1 Å². The number of hydrogen-bond donors (Lipinski definition) is 2. The second-order valence-corrected chi connectivity index (χ2v) is 5.17. The molecule has 1 heterocycles. The predicted molar refractivity (Wildman–Crippen MR) is 60.2 cm³/mol. The fourth-order valence-corrected chi connectivity index (χ4v) is 3.80. The molecule has 2 fully saturated rings. The van der Waals surface area contributed by atoms with E-state index in [2.05, 4.69) is 12.2 Å². The van der Waals surface area contributed by atoms with Crippen LogP contribution in [0.3, 0.4) is 0 Å². The van der Waals surface area contributed by atoms with Gasteiger partial charge in [0.25, 0.3) is 0 Å². The number of amides is 1. The Morgan fingerprint density at radius 3 is 3.00 bits per heavy atom. The quantitative estimate of drug-likeness (QED) is 0.721. The highest BCUT2D eigenvalue weighted by Gasteiger charge is 2.50. The van der Waals surface area contributed by atoms with Gasteiger partial charge >= 0.3 is 0 Å². The number of nitrogens with one attached hydrogen (secondary N) is 1. The molecule has 0 aromatic rings. The smallest absolute Gasteiger partial charge is 0.222 e. The zero-order valence-electron chi connectivity index (χ0n) is 9.59. The Morgan fingerprint density at radius 1 is 1.53 bits per heavy atom. The van der Waals surface area contributed by atoms with Crippen molar-refractivity contribution in [3.8, 4) is 0 Å². The van der Waals surface area contributed by atoms with Crippen LogP contribution in [0, 0.1) is 17.3 Å². The Kier molecular flexibility index (Phi) is 3.01. The molecule has 2 rings (SSSR count). The minimum Gasteiger partial charge on any atom is -0.369 e. The van der Waals surface area contributed by atoms with Crippen molar-refractivity contribution in [3.05, 3.63) is 0 Å². The zero-order chi connectivity index (χ0) is 10.9. The molecule has 1 aliphatic heterocycles. The summed E-state index contributed by atoms with van der Waals surface area (Å²) in [7, 11) is 0. The van der Waals surface area contributed by atoms with E-state index < -0.39 is 0 Å². The van der Waals surface area contributed by atoms with E-state index in [-0.39, 0.29) is 17.2 Å².